The fraction of sp³-hybridized carbons (Fsp3) is 0.918. The van der Waals surface area contributed by atoms with Crippen LogP contribution in [0.1, 0.15) is 238 Å². The van der Waals surface area contributed by atoms with Crippen LogP contribution in [0.3, 0.4) is 0 Å². The Kier molecular flexibility index (Phi) is 37.6. The van der Waals surface area contributed by atoms with Crippen LogP contribution >= 0.6 is 0 Å². The molecule has 0 N–H and O–H groups in total. The van der Waals surface area contributed by atoms with E-state index in [0.717, 1.165) is 109 Å². The van der Waals surface area contributed by atoms with E-state index in [1.807, 2.05) is 4.68 Å². The molecule has 1 aromatic rings. The molecule has 0 atom stereocenters. The molecule has 58 heavy (non-hydrogen) atoms. The number of esters is 2. The number of ether oxygens (including phenoxy) is 2. The van der Waals surface area contributed by atoms with Crippen molar-refractivity contribution in [1.29, 1.82) is 0 Å². The molecule has 0 unspecified atom stereocenters. The number of aromatic nitrogens is 3. The maximum Gasteiger partial charge on any atom is 0.306 e. The summed E-state index contributed by atoms with van der Waals surface area (Å²) in [6.07, 6.45) is 40.6. The van der Waals surface area contributed by atoms with Crippen molar-refractivity contribution in [3.63, 3.8) is 0 Å². The molecule has 0 bridgehead atoms. The summed E-state index contributed by atoms with van der Waals surface area (Å²) in [5, 5.41) is 8.72. The molecule has 1 heterocycles. The minimum Gasteiger partial charge on any atom is -0.466 e. The van der Waals surface area contributed by atoms with Crippen LogP contribution in [0, 0.1) is 0 Å². The van der Waals surface area contributed by atoms with Gasteiger partial charge >= 0.3 is 11.9 Å². The number of rotatable bonds is 44. The maximum atomic E-state index is 12.9. The molecule has 0 fully saturated rings. The first-order valence-electron chi connectivity index (χ1n) is 25.0. The van der Waals surface area contributed by atoms with Gasteiger partial charge in [0.2, 0.25) is 0 Å². The lowest BCUT2D eigenvalue weighted by Crippen LogP contribution is -2.30. The van der Waals surface area contributed by atoms with Gasteiger partial charge in [0.1, 0.15) is 6.10 Å². The smallest absolute Gasteiger partial charge is 0.306 e. The minimum atomic E-state index is -0.0365. The van der Waals surface area contributed by atoms with Gasteiger partial charge in [-0.2, -0.15) is 0 Å². The third-order valence-corrected chi connectivity index (χ3v) is 11.5. The molecule has 1 rings (SSSR count). The molecule has 0 saturated heterocycles. The second-order valence-electron chi connectivity index (χ2n) is 17.7. The highest BCUT2D eigenvalue weighted by Gasteiger charge is 2.15. The summed E-state index contributed by atoms with van der Waals surface area (Å²) in [4.78, 5) is 29.8. The number of unbranched alkanes of at least 4 members (excludes halogenated alkanes) is 24. The average molecular weight is 818 g/mol. The summed E-state index contributed by atoms with van der Waals surface area (Å²) in [6, 6.07) is 0. The van der Waals surface area contributed by atoms with Crippen molar-refractivity contribution in [2.45, 2.75) is 252 Å². The molecule has 9 heteroatoms. The van der Waals surface area contributed by atoms with Gasteiger partial charge < -0.3 is 19.3 Å². The van der Waals surface area contributed by atoms with Gasteiger partial charge in [-0.25, -0.2) is 0 Å². The first-order chi connectivity index (χ1) is 28.4. The highest BCUT2D eigenvalue weighted by Crippen LogP contribution is 2.19. The summed E-state index contributed by atoms with van der Waals surface area (Å²) < 4.78 is 13.6. The van der Waals surface area contributed by atoms with Gasteiger partial charge in [-0.15, -0.1) is 5.10 Å². The predicted molar refractivity (Wildman–Crippen MR) is 244 cm³/mol. The van der Waals surface area contributed by atoms with Crippen molar-refractivity contribution in [2.75, 3.05) is 40.3 Å². The van der Waals surface area contributed by atoms with E-state index in [1.54, 1.807) is 0 Å². The lowest BCUT2D eigenvalue weighted by molar-refractivity contribution is -0.150. The lowest BCUT2D eigenvalue weighted by atomic mass is 10.0. The van der Waals surface area contributed by atoms with E-state index in [2.05, 4.69) is 61.2 Å². The van der Waals surface area contributed by atoms with Crippen molar-refractivity contribution in [3.05, 3.63) is 11.9 Å². The first-order valence-corrected chi connectivity index (χ1v) is 25.0. The van der Waals surface area contributed by atoms with Crippen molar-refractivity contribution in [2.24, 2.45) is 0 Å². The SMILES string of the molecule is CCCCCCCCCCCOC(=O)CCCCCN(CCCCCCCC(=O)OC(CCCCCCCC)CCCCCCCC)CCn1cc(CN(C)C)nn1. The topological polar surface area (TPSA) is 89.8 Å². The Morgan fingerprint density at radius 2 is 1.02 bits per heavy atom. The second kappa shape index (κ2) is 40.4. The van der Waals surface area contributed by atoms with Gasteiger partial charge in [0.05, 0.1) is 18.8 Å². The zero-order valence-electron chi connectivity index (χ0n) is 39.1. The Morgan fingerprint density at radius 1 is 0.569 bits per heavy atom. The Balaban J connectivity index is 2.36. The van der Waals surface area contributed by atoms with Gasteiger partial charge in [-0.1, -0.05) is 167 Å². The number of hydrogen-bond donors (Lipinski definition) is 0. The monoisotopic (exact) mass is 818 g/mol. The van der Waals surface area contributed by atoms with Crippen LogP contribution in [-0.4, -0.2) is 83.2 Å². The van der Waals surface area contributed by atoms with Crippen LogP contribution < -0.4 is 0 Å². The lowest BCUT2D eigenvalue weighted by Gasteiger charge is -2.22. The number of carbonyl (C=O) groups is 2. The van der Waals surface area contributed by atoms with Crippen molar-refractivity contribution >= 4 is 11.9 Å². The van der Waals surface area contributed by atoms with E-state index < -0.39 is 0 Å². The molecule has 0 radical (unpaired) electrons. The normalized spacial score (nSPS) is 11.7. The number of hydrogen-bond acceptors (Lipinski definition) is 8. The Bertz CT molecular complexity index is 1030. The molecule has 1 aromatic heterocycles. The van der Waals surface area contributed by atoms with E-state index in [9.17, 15) is 9.59 Å². The molecule has 0 saturated carbocycles. The molecule has 0 spiro atoms. The Morgan fingerprint density at radius 3 is 1.55 bits per heavy atom. The quantitative estimate of drug-likeness (QED) is 0.0475. The fourth-order valence-corrected chi connectivity index (χ4v) is 7.82. The zero-order chi connectivity index (χ0) is 42.2. The Labute approximate surface area is 358 Å². The molecule has 0 aliphatic rings. The molecular formula is C49H95N5O4. The summed E-state index contributed by atoms with van der Waals surface area (Å²) in [7, 11) is 4.10. The third-order valence-electron chi connectivity index (χ3n) is 11.5. The molecule has 0 aromatic carbocycles. The van der Waals surface area contributed by atoms with Gasteiger partial charge in [-0.3, -0.25) is 14.3 Å². The van der Waals surface area contributed by atoms with Crippen LogP contribution in [0.15, 0.2) is 6.20 Å². The third kappa shape index (κ3) is 34.8. The summed E-state index contributed by atoms with van der Waals surface area (Å²) >= 11 is 0. The molecule has 9 nitrogen and oxygen atoms in total. The van der Waals surface area contributed by atoms with Crippen LogP contribution in [0.25, 0.3) is 0 Å². The van der Waals surface area contributed by atoms with Gasteiger partial charge in [-0.05, 0) is 85.0 Å². The van der Waals surface area contributed by atoms with Gasteiger partial charge in [0.25, 0.3) is 0 Å². The summed E-state index contributed by atoms with van der Waals surface area (Å²) in [5.41, 5.74) is 0.997. The fourth-order valence-electron chi connectivity index (χ4n) is 7.82. The van der Waals surface area contributed by atoms with Crippen molar-refractivity contribution in [1.82, 2.24) is 24.8 Å². The van der Waals surface area contributed by atoms with E-state index in [4.69, 9.17) is 9.47 Å². The standard InChI is InChI=1S/C49H95N5O4/c1-6-9-12-15-18-19-20-26-34-43-57-48(55)37-31-27-33-40-53(41-42-54-45-46(50-51-54)44-52(4)5)39-32-25-21-24-30-38-49(56)58-47(35-28-22-16-13-10-7-2)36-29-23-17-14-11-8-3/h45,47H,6-44H2,1-5H3. The van der Waals surface area contributed by atoms with E-state index in [0.29, 0.717) is 19.4 Å². The van der Waals surface area contributed by atoms with Crippen molar-refractivity contribution in [3.8, 4) is 0 Å². The summed E-state index contributed by atoms with van der Waals surface area (Å²) in [6.45, 7) is 12.0. The van der Waals surface area contributed by atoms with Crippen LogP contribution in [0.5, 0.6) is 0 Å². The molecule has 340 valence electrons. The van der Waals surface area contributed by atoms with E-state index in [1.165, 1.54) is 128 Å². The second-order valence-corrected chi connectivity index (χ2v) is 17.7. The van der Waals surface area contributed by atoms with Crippen LogP contribution in [0.2, 0.25) is 0 Å². The highest BCUT2D eigenvalue weighted by atomic mass is 16.5. The van der Waals surface area contributed by atoms with Crippen LogP contribution in [-0.2, 0) is 32.2 Å². The molecule has 0 aliphatic heterocycles. The minimum absolute atomic E-state index is 0.0158. The predicted octanol–water partition coefficient (Wildman–Crippen LogP) is 13.0. The molecule has 0 amide bonds. The number of nitrogens with zero attached hydrogens (tertiary/aromatic N) is 5. The Hall–Kier alpha value is -2.00. The maximum absolute atomic E-state index is 12.9. The van der Waals surface area contributed by atoms with Crippen LogP contribution in [0.4, 0.5) is 0 Å². The van der Waals surface area contributed by atoms with Gasteiger partial charge in [0, 0.05) is 32.1 Å². The van der Waals surface area contributed by atoms with E-state index in [-0.39, 0.29) is 18.0 Å². The van der Waals surface area contributed by atoms with E-state index >= 15 is 0 Å². The molecular weight excluding hydrogens is 723 g/mol. The largest absolute Gasteiger partial charge is 0.466 e. The zero-order valence-corrected chi connectivity index (χ0v) is 39.1. The van der Waals surface area contributed by atoms with Gasteiger partial charge in [0.15, 0.2) is 0 Å². The highest BCUT2D eigenvalue weighted by molar-refractivity contribution is 5.69. The first kappa shape index (κ1) is 54.0. The summed E-state index contributed by atoms with van der Waals surface area (Å²) in [5.74, 6) is -0.0207. The average Bonchev–Trinajstić information content (AvgIpc) is 3.65. The number of carbonyl (C=O) groups excluding carboxylic acids is 2. The van der Waals surface area contributed by atoms with Crippen molar-refractivity contribution < 1.29 is 19.1 Å². The molecule has 0 aliphatic carbocycles.